The molecule has 9 heteroatoms. The van der Waals surface area contributed by atoms with Crippen molar-refractivity contribution in [2.75, 3.05) is 29.0 Å². The first-order valence-corrected chi connectivity index (χ1v) is 11.2. The molecule has 0 bridgehead atoms. The zero-order valence-corrected chi connectivity index (χ0v) is 19.4. The predicted octanol–water partition coefficient (Wildman–Crippen LogP) is 3.48. The Bertz CT molecular complexity index is 1340. The largest absolute Gasteiger partial charge is 0.384 e. The first kappa shape index (κ1) is 21.8. The van der Waals surface area contributed by atoms with Crippen LogP contribution in [0, 0.1) is 0 Å². The fourth-order valence-electron chi connectivity index (χ4n) is 4.35. The maximum atomic E-state index is 12.6. The normalized spacial score (nSPS) is 18.3. The fraction of sp³-hybridized carbons (Fsp3) is 0.280. The van der Waals surface area contributed by atoms with Crippen molar-refractivity contribution in [2.45, 2.75) is 26.1 Å². The summed E-state index contributed by atoms with van der Waals surface area (Å²) in [6.45, 7) is 5.67. The molecule has 4 aromatic rings. The van der Waals surface area contributed by atoms with E-state index in [0.29, 0.717) is 22.9 Å². The van der Waals surface area contributed by atoms with Gasteiger partial charge in [0.1, 0.15) is 11.3 Å². The molecule has 0 saturated carbocycles. The summed E-state index contributed by atoms with van der Waals surface area (Å²) in [5, 5.41) is 2.91. The van der Waals surface area contributed by atoms with Crippen molar-refractivity contribution in [3.8, 4) is 11.4 Å². The molecular weight excluding hydrogens is 430 g/mol. The number of hydrogen-bond donors (Lipinski definition) is 2. The first-order chi connectivity index (χ1) is 16.4. The lowest BCUT2D eigenvalue weighted by atomic mass is 10.1. The number of nitrogens with zero attached hydrogens (tertiary/aromatic N) is 5. The van der Waals surface area contributed by atoms with Crippen LogP contribution < -0.4 is 16.0 Å². The molecule has 1 fully saturated rings. The van der Waals surface area contributed by atoms with E-state index in [-0.39, 0.29) is 18.1 Å². The number of morpholine rings is 1. The number of amides is 1. The van der Waals surface area contributed by atoms with Crippen molar-refractivity contribution in [1.82, 2.24) is 19.5 Å². The molecule has 3 N–H and O–H groups in total. The maximum absolute atomic E-state index is 12.6. The van der Waals surface area contributed by atoms with E-state index >= 15 is 0 Å². The lowest BCUT2D eigenvalue weighted by Crippen LogP contribution is -2.46. The number of hydrogen-bond acceptors (Lipinski definition) is 7. The summed E-state index contributed by atoms with van der Waals surface area (Å²) >= 11 is 0. The first-order valence-electron chi connectivity index (χ1n) is 11.2. The van der Waals surface area contributed by atoms with Gasteiger partial charge in [-0.05, 0) is 44.2 Å². The number of aromatic nitrogens is 4. The monoisotopic (exact) mass is 457 g/mol. The van der Waals surface area contributed by atoms with Crippen molar-refractivity contribution in [3.05, 3.63) is 60.4 Å². The van der Waals surface area contributed by atoms with E-state index in [9.17, 15) is 4.79 Å². The Morgan fingerprint density at radius 1 is 1.12 bits per heavy atom. The van der Waals surface area contributed by atoms with Gasteiger partial charge in [-0.15, -0.1) is 0 Å². The number of nitrogens with one attached hydrogen (secondary N) is 1. The van der Waals surface area contributed by atoms with Crippen molar-refractivity contribution < 1.29 is 9.53 Å². The molecule has 4 heterocycles. The zero-order chi connectivity index (χ0) is 23.8. The van der Waals surface area contributed by atoms with Gasteiger partial charge < -0.3 is 25.3 Å². The van der Waals surface area contributed by atoms with Gasteiger partial charge in [-0.2, -0.15) is 0 Å². The molecule has 3 aromatic heterocycles. The topological polar surface area (TPSA) is 111 Å². The molecule has 1 aromatic carbocycles. The highest BCUT2D eigenvalue weighted by Gasteiger charge is 2.26. The second-order valence-electron chi connectivity index (χ2n) is 8.70. The number of pyridine rings is 1. The number of carbonyl (C=O) groups is 1. The summed E-state index contributed by atoms with van der Waals surface area (Å²) in [5.74, 6) is 1.59. The van der Waals surface area contributed by atoms with E-state index in [4.69, 9.17) is 20.4 Å². The van der Waals surface area contributed by atoms with Gasteiger partial charge in [-0.25, -0.2) is 15.0 Å². The molecule has 0 spiro atoms. The molecule has 34 heavy (non-hydrogen) atoms. The third-order valence-corrected chi connectivity index (χ3v) is 5.85. The number of fused-ring (bicyclic) bond motifs is 1. The molecule has 1 aliphatic rings. The number of benzene rings is 1. The minimum atomic E-state index is -0.263. The number of ether oxygens (including phenoxy) is 1. The number of rotatable bonds is 4. The van der Waals surface area contributed by atoms with Gasteiger partial charge in [0.25, 0.3) is 5.91 Å². The van der Waals surface area contributed by atoms with Gasteiger partial charge in [0.2, 0.25) is 0 Å². The van der Waals surface area contributed by atoms with E-state index in [1.165, 1.54) is 6.20 Å². The van der Waals surface area contributed by atoms with Gasteiger partial charge in [-0.3, -0.25) is 4.79 Å². The molecule has 0 radical (unpaired) electrons. The van der Waals surface area contributed by atoms with Crippen molar-refractivity contribution in [3.63, 3.8) is 0 Å². The van der Waals surface area contributed by atoms with Crippen LogP contribution in [0.2, 0.25) is 0 Å². The minimum absolute atomic E-state index is 0.110. The Morgan fingerprint density at radius 2 is 1.91 bits per heavy atom. The van der Waals surface area contributed by atoms with E-state index in [1.807, 2.05) is 43.6 Å². The van der Waals surface area contributed by atoms with Crippen LogP contribution in [-0.2, 0) is 11.8 Å². The molecule has 9 nitrogen and oxygen atoms in total. The summed E-state index contributed by atoms with van der Waals surface area (Å²) in [5.41, 5.74) is 9.37. The van der Waals surface area contributed by atoms with Gasteiger partial charge in [0.05, 0.1) is 23.3 Å². The molecule has 174 valence electrons. The summed E-state index contributed by atoms with van der Waals surface area (Å²) in [4.78, 5) is 28.7. The molecule has 1 saturated heterocycles. The minimum Gasteiger partial charge on any atom is -0.384 e. The van der Waals surface area contributed by atoms with Gasteiger partial charge in [-0.1, -0.05) is 12.1 Å². The molecule has 0 aliphatic carbocycles. The third kappa shape index (κ3) is 4.29. The molecule has 1 amide bonds. The van der Waals surface area contributed by atoms with E-state index in [0.717, 1.165) is 35.5 Å². The SMILES string of the molecule is CC1CN(c2nc(-c3cccc(NC(=O)c4ccc(N)nc4)c3)nc3ccn(C)c23)CC(C)O1. The highest BCUT2D eigenvalue weighted by atomic mass is 16.5. The van der Waals surface area contributed by atoms with Crippen LogP contribution in [0.25, 0.3) is 22.4 Å². The van der Waals surface area contributed by atoms with Crippen LogP contribution in [0.3, 0.4) is 0 Å². The van der Waals surface area contributed by atoms with E-state index in [1.54, 1.807) is 12.1 Å². The number of nitrogens with two attached hydrogens (primary N) is 1. The summed E-state index contributed by atoms with van der Waals surface area (Å²) in [6.07, 6.45) is 3.67. The number of aryl methyl sites for hydroxylation is 1. The summed E-state index contributed by atoms with van der Waals surface area (Å²) in [6, 6.07) is 12.8. The van der Waals surface area contributed by atoms with E-state index in [2.05, 4.69) is 33.6 Å². The molecule has 2 atom stereocenters. The fourth-order valence-corrected chi connectivity index (χ4v) is 4.35. The summed E-state index contributed by atoms with van der Waals surface area (Å²) < 4.78 is 7.98. The summed E-state index contributed by atoms with van der Waals surface area (Å²) in [7, 11) is 2.00. The highest BCUT2D eigenvalue weighted by molar-refractivity contribution is 6.04. The van der Waals surface area contributed by atoms with Crippen molar-refractivity contribution >= 4 is 34.3 Å². The third-order valence-electron chi connectivity index (χ3n) is 5.85. The lowest BCUT2D eigenvalue weighted by Gasteiger charge is -2.36. The Morgan fingerprint density at radius 3 is 2.65 bits per heavy atom. The van der Waals surface area contributed by atoms with Crippen LogP contribution in [-0.4, -0.2) is 50.7 Å². The van der Waals surface area contributed by atoms with Gasteiger partial charge in [0.15, 0.2) is 11.6 Å². The van der Waals surface area contributed by atoms with Gasteiger partial charge >= 0.3 is 0 Å². The lowest BCUT2D eigenvalue weighted by molar-refractivity contribution is -0.00538. The van der Waals surface area contributed by atoms with Gasteiger partial charge in [0, 0.05) is 43.8 Å². The van der Waals surface area contributed by atoms with Crippen molar-refractivity contribution in [2.24, 2.45) is 7.05 Å². The second-order valence-corrected chi connectivity index (χ2v) is 8.70. The predicted molar refractivity (Wildman–Crippen MR) is 133 cm³/mol. The standard InChI is InChI=1S/C25H27N7O2/c1-15-13-32(14-16(2)34-15)24-22-20(9-10-31(22)3)29-23(30-24)17-5-4-6-19(11-17)28-25(33)18-7-8-21(26)27-12-18/h4-12,15-16H,13-14H2,1-3H3,(H2,26,27)(H,28,33). The molecule has 2 unspecified atom stereocenters. The second kappa shape index (κ2) is 8.75. The molecular formula is C25H27N7O2. The Hall–Kier alpha value is -3.98. The average Bonchev–Trinajstić information content (AvgIpc) is 3.19. The average molecular weight is 458 g/mol. The quantitative estimate of drug-likeness (QED) is 0.483. The Balaban J connectivity index is 1.50. The number of nitrogen functional groups attached to an aromatic ring is 1. The highest BCUT2D eigenvalue weighted by Crippen LogP contribution is 2.30. The number of anilines is 3. The zero-order valence-electron chi connectivity index (χ0n) is 19.4. The Labute approximate surface area is 197 Å². The molecule has 5 rings (SSSR count). The van der Waals surface area contributed by atoms with E-state index < -0.39 is 0 Å². The molecule has 1 aliphatic heterocycles. The maximum Gasteiger partial charge on any atom is 0.257 e. The van der Waals surface area contributed by atoms with Crippen LogP contribution in [0.4, 0.5) is 17.3 Å². The Kier molecular flexibility index (Phi) is 5.62. The van der Waals surface area contributed by atoms with Crippen LogP contribution >= 0.6 is 0 Å². The smallest absolute Gasteiger partial charge is 0.257 e. The van der Waals surface area contributed by atoms with Crippen molar-refractivity contribution in [1.29, 1.82) is 0 Å². The van der Waals surface area contributed by atoms with Crippen LogP contribution in [0.15, 0.2) is 54.9 Å². The number of carbonyl (C=O) groups excluding carboxylic acids is 1. The van der Waals surface area contributed by atoms with Crippen LogP contribution in [0.5, 0.6) is 0 Å². The van der Waals surface area contributed by atoms with Crippen LogP contribution in [0.1, 0.15) is 24.2 Å².